The lowest BCUT2D eigenvalue weighted by Gasteiger charge is -2.33. The number of hydrazone groups is 1. The number of nitrogens with zero attached hydrogens (tertiary/aromatic N) is 3. The number of pyridine rings is 1. The number of amides is 1. The lowest BCUT2D eigenvalue weighted by atomic mass is 9.85. The molecule has 8 heteroatoms. The average Bonchev–Trinajstić information content (AvgIpc) is 2.98. The smallest absolute Gasteiger partial charge is 0.256 e. The topological polar surface area (TPSA) is 45.6 Å². The molecule has 22 heavy (non-hydrogen) atoms. The van der Waals surface area contributed by atoms with E-state index in [0.717, 1.165) is 14.1 Å². The molecular formula is C14H15ClF2IN3O. The summed E-state index contributed by atoms with van der Waals surface area (Å²) in [6.07, 6.45) is 2.45. The molecule has 2 heterocycles. The van der Waals surface area contributed by atoms with Gasteiger partial charge in [0.2, 0.25) is 0 Å². The van der Waals surface area contributed by atoms with Gasteiger partial charge < -0.3 is 0 Å². The van der Waals surface area contributed by atoms with Gasteiger partial charge in [-0.3, -0.25) is 9.78 Å². The second-order valence-corrected chi connectivity index (χ2v) is 6.59. The summed E-state index contributed by atoms with van der Waals surface area (Å²) in [5, 5.41) is 5.13. The standard InChI is InChI=1S/C14H15ClF2IN3O/c1-2-14(8-15,12(16)17)13(22)21-11(3-4-20-21)9-5-10(18)7-19-6-9/h4-7,11-12H,2-3,8H2,1H3. The molecule has 0 bridgehead atoms. The van der Waals surface area contributed by atoms with Gasteiger partial charge in [-0.1, -0.05) is 6.92 Å². The van der Waals surface area contributed by atoms with Gasteiger partial charge in [-0.25, -0.2) is 13.8 Å². The summed E-state index contributed by atoms with van der Waals surface area (Å²) in [6.45, 7) is 1.54. The number of halogens is 4. The lowest BCUT2D eigenvalue weighted by Crippen LogP contribution is -2.47. The maximum atomic E-state index is 13.5. The van der Waals surface area contributed by atoms with Crippen molar-refractivity contribution in [2.45, 2.75) is 32.2 Å². The highest BCUT2D eigenvalue weighted by atomic mass is 127. The molecular weight excluding hydrogens is 427 g/mol. The Morgan fingerprint density at radius 1 is 1.59 bits per heavy atom. The maximum Gasteiger partial charge on any atom is 0.256 e. The maximum absolute atomic E-state index is 13.5. The van der Waals surface area contributed by atoms with Gasteiger partial charge in [0.1, 0.15) is 5.41 Å². The van der Waals surface area contributed by atoms with Crippen molar-refractivity contribution in [3.8, 4) is 0 Å². The molecule has 0 N–H and O–H groups in total. The van der Waals surface area contributed by atoms with Gasteiger partial charge in [0, 0.05) is 34.5 Å². The van der Waals surface area contributed by atoms with Gasteiger partial charge in [-0.2, -0.15) is 5.10 Å². The zero-order valence-corrected chi connectivity index (χ0v) is 14.8. The van der Waals surface area contributed by atoms with Crippen LogP contribution in [0.4, 0.5) is 8.78 Å². The average molecular weight is 442 g/mol. The molecule has 0 saturated carbocycles. The van der Waals surface area contributed by atoms with E-state index in [1.807, 2.05) is 6.07 Å². The van der Waals surface area contributed by atoms with E-state index in [1.54, 1.807) is 18.6 Å². The van der Waals surface area contributed by atoms with Crippen molar-refractivity contribution in [1.29, 1.82) is 0 Å². The second-order valence-electron chi connectivity index (χ2n) is 5.08. The van der Waals surface area contributed by atoms with Gasteiger partial charge in [0.15, 0.2) is 0 Å². The first-order valence-electron chi connectivity index (χ1n) is 6.77. The third-order valence-corrected chi connectivity index (χ3v) is 4.93. The summed E-state index contributed by atoms with van der Waals surface area (Å²) in [5.74, 6) is -1.18. The number of carbonyl (C=O) groups excluding carboxylic acids is 1. The third kappa shape index (κ3) is 3.10. The molecule has 2 unspecified atom stereocenters. The lowest BCUT2D eigenvalue weighted by molar-refractivity contribution is -0.152. The SMILES string of the molecule is CCC(CCl)(C(=O)N1N=CCC1c1cncc(I)c1)C(F)F. The zero-order chi connectivity index (χ0) is 16.3. The number of hydrogen-bond acceptors (Lipinski definition) is 3. The fourth-order valence-electron chi connectivity index (χ4n) is 2.33. The zero-order valence-electron chi connectivity index (χ0n) is 11.8. The van der Waals surface area contributed by atoms with Crippen molar-refractivity contribution in [1.82, 2.24) is 9.99 Å². The number of carbonyl (C=O) groups is 1. The summed E-state index contributed by atoms with van der Waals surface area (Å²) < 4.78 is 27.8. The minimum absolute atomic E-state index is 0.0453. The van der Waals surface area contributed by atoms with Crippen LogP contribution in [0.2, 0.25) is 0 Å². The highest BCUT2D eigenvalue weighted by Gasteiger charge is 2.49. The van der Waals surface area contributed by atoms with E-state index in [4.69, 9.17) is 11.6 Å². The number of alkyl halides is 3. The van der Waals surface area contributed by atoms with Crippen LogP contribution >= 0.6 is 34.2 Å². The van der Waals surface area contributed by atoms with E-state index in [9.17, 15) is 13.6 Å². The Morgan fingerprint density at radius 3 is 2.86 bits per heavy atom. The fourth-order valence-corrected chi connectivity index (χ4v) is 3.27. The van der Waals surface area contributed by atoms with Crippen LogP contribution in [0, 0.1) is 8.99 Å². The molecule has 2 atom stereocenters. The summed E-state index contributed by atoms with van der Waals surface area (Å²) in [6, 6.07) is 1.45. The first kappa shape index (κ1) is 17.5. The normalized spacial score (nSPS) is 20.5. The molecule has 0 saturated heterocycles. The van der Waals surface area contributed by atoms with Crippen LogP contribution in [0.15, 0.2) is 23.6 Å². The molecule has 2 rings (SSSR count). The van der Waals surface area contributed by atoms with E-state index in [2.05, 4.69) is 32.7 Å². The van der Waals surface area contributed by atoms with Crippen LogP contribution in [0.3, 0.4) is 0 Å². The van der Waals surface area contributed by atoms with Crippen LogP contribution in [0.5, 0.6) is 0 Å². The molecule has 0 aliphatic carbocycles. The molecule has 1 aromatic heterocycles. The highest BCUT2D eigenvalue weighted by Crippen LogP contribution is 2.39. The fraction of sp³-hybridized carbons (Fsp3) is 0.500. The van der Waals surface area contributed by atoms with E-state index in [-0.39, 0.29) is 6.42 Å². The Morgan fingerprint density at radius 2 is 2.32 bits per heavy atom. The number of rotatable bonds is 5. The molecule has 1 aliphatic heterocycles. The van der Waals surface area contributed by atoms with E-state index in [1.165, 1.54) is 6.92 Å². The third-order valence-electron chi connectivity index (χ3n) is 3.86. The van der Waals surface area contributed by atoms with Gasteiger partial charge in [0.05, 0.1) is 6.04 Å². The second kappa shape index (κ2) is 7.16. The number of aromatic nitrogens is 1. The van der Waals surface area contributed by atoms with Crippen LogP contribution in [0.1, 0.15) is 31.4 Å². The number of hydrogen-bond donors (Lipinski definition) is 0. The van der Waals surface area contributed by atoms with Crippen LogP contribution in [-0.4, -0.2) is 34.4 Å². The minimum atomic E-state index is -2.84. The monoisotopic (exact) mass is 441 g/mol. The van der Waals surface area contributed by atoms with Crippen LogP contribution in [0.25, 0.3) is 0 Å². The van der Waals surface area contributed by atoms with Gasteiger partial charge in [-0.05, 0) is 40.6 Å². The van der Waals surface area contributed by atoms with E-state index in [0.29, 0.717) is 6.42 Å². The minimum Gasteiger partial charge on any atom is -0.272 e. The van der Waals surface area contributed by atoms with Crippen molar-refractivity contribution in [3.63, 3.8) is 0 Å². The van der Waals surface area contributed by atoms with Crippen molar-refractivity contribution >= 4 is 46.3 Å². The first-order valence-corrected chi connectivity index (χ1v) is 8.38. The molecule has 0 fully saturated rings. The van der Waals surface area contributed by atoms with Gasteiger partial charge in [0.25, 0.3) is 12.3 Å². The summed E-state index contributed by atoms with van der Waals surface area (Å²) in [4.78, 5) is 16.8. The molecule has 0 aromatic carbocycles. The van der Waals surface area contributed by atoms with Crippen LogP contribution in [-0.2, 0) is 4.79 Å². The molecule has 1 aromatic rings. The van der Waals surface area contributed by atoms with E-state index < -0.39 is 29.7 Å². The molecule has 1 amide bonds. The molecule has 0 radical (unpaired) electrons. The highest BCUT2D eigenvalue weighted by molar-refractivity contribution is 14.1. The predicted molar refractivity (Wildman–Crippen MR) is 89.1 cm³/mol. The Kier molecular flexibility index (Phi) is 5.70. The predicted octanol–water partition coefficient (Wildman–Crippen LogP) is 3.85. The Balaban J connectivity index is 2.33. The van der Waals surface area contributed by atoms with Crippen molar-refractivity contribution < 1.29 is 13.6 Å². The van der Waals surface area contributed by atoms with Crippen LogP contribution < -0.4 is 0 Å². The largest absolute Gasteiger partial charge is 0.272 e. The summed E-state index contributed by atoms with van der Waals surface area (Å²) in [5.41, 5.74) is -1.14. The Hall–Kier alpha value is -0.830. The molecule has 1 aliphatic rings. The van der Waals surface area contributed by atoms with Gasteiger partial charge >= 0.3 is 0 Å². The quantitative estimate of drug-likeness (QED) is 0.515. The van der Waals surface area contributed by atoms with E-state index >= 15 is 0 Å². The van der Waals surface area contributed by atoms with Crippen molar-refractivity contribution in [2.75, 3.05) is 5.88 Å². The summed E-state index contributed by atoms with van der Waals surface area (Å²) in [7, 11) is 0. The van der Waals surface area contributed by atoms with Crippen molar-refractivity contribution in [3.05, 3.63) is 27.6 Å². The Bertz CT molecular complexity index is 581. The van der Waals surface area contributed by atoms with Crippen molar-refractivity contribution in [2.24, 2.45) is 10.5 Å². The molecule has 4 nitrogen and oxygen atoms in total. The Labute approximate surface area is 146 Å². The first-order chi connectivity index (χ1) is 10.5. The van der Waals surface area contributed by atoms with Gasteiger partial charge in [-0.15, -0.1) is 11.6 Å². The molecule has 120 valence electrons. The molecule has 0 spiro atoms. The summed E-state index contributed by atoms with van der Waals surface area (Å²) >= 11 is 7.83.